The van der Waals surface area contributed by atoms with Gasteiger partial charge in [0, 0.05) is 28.1 Å². The Hall–Kier alpha value is -1.13. The molecule has 1 aromatic heterocycles. The third-order valence-electron chi connectivity index (χ3n) is 3.10. The first kappa shape index (κ1) is 13.8. The molecule has 2 N–H and O–H groups in total. The molecule has 102 valence electrons. The fraction of sp³-hybridized carbons (Fsp3) is 0.133. The molecule has 1 atom stereocenters. The van der Waals surface area contributed by atoms with Gasteiger partial charge in [-0.25, -0.2) is 4.98 Å². The molecular weight excluding hydrogens is 311 g/mol. The average molecular weight is 323 g/mol. The molecule has 0 aliphatic heterocycles. The molecule has 1 heterocycles. The summed E-state index contributed by atoms with van der Waals surface area (Å²) < 4.78 is 1.17. The highest BCUT2D eigenvalue weighted by atomic mass is 35.5. The quantitative estimate of drug-likeness (QED) is 0.748. The third kappa shape index (κ3) is 2.67. The molecule has 3 rings (SSSR count). The van der Waals surface area contributed by atoms with E-state index in [9.17, 15) is 0 Å². The van der Waals surface area contributed by atoms with Crippen molar-refractivity contribution in [3.05, 3.63) is 63.1 Å². The van der Waals surface area contributed by atoms with Gasteiger partial charge >= 0.3 is 0 Å². The minimum Gasteiger partial charge on any atom is -0.324 e. The van der Waals surface area contributed by atoms with Crippen LogP contribution < -0.4 is 5.73 Å². The Labute approximate surface area is 131 Å². The molecule has 0 fully saturated rings. The highest BCUT2D eigenvalue weighted by molar-refractivity contribution is 7.18. The number of aromatic nitrogens is 1. The zero-order valence-corrected chi connectivity index (χ0v) is 12.8. The number of para-hydroxylation sites is 1. The Kier molecular flexibility index (Phi) is 3.94. The van der Waals surface area contributed by atoms with Crippen LogP contribution in [0.5, 0.6) is 0 Å². The minimum atomic E-state index is -0.253. The summed E-state index contributed by atoms with van der Waals surface area (Å²) in [4.78, 5) is 4.59. The molecule has 1 unspecified atom stereocenters. The van der Waals surface area contributed by atoms with Crippen molar-refractivity contribution >= 4 is 44.8 Å². The van der Waals surface area contributed by atoms with E-state index in [1.54, 1.807) is 23.5 Å². The number of halogens is 2. The van der Waals surface area contributed by atoms with Gasteiger partial charge in [-0.15, -0.1) is 11.3 Å². The Bertz CT molecular complexity index is 701. The molecule has 2 aromatic carbocycles. The van der Waals surface area contributed by atoms with Crippen molar-refractivity contribution in [2.75, 3.05) is 0 Å². The van der Waals surface area contributed by atoms with E-state index in [1.165, 1.54) is 4.70 Å². The number of hydrogen-bond donors (Lipinski definition) is 1. The maximum Gasteiger partial charge on any atom is 0.0957 e. The molecule has 0 bridgehead atoms. The smallest absolute Gasteiger partial charge is 0.0957 e. The van der Waals surface area contributed by atoms with E-state index in [0.29, 0.717) is 16.5 Å². The standard InChI is InChI=1S/C15H12Cl2N2S/c16-9-4-3-5-10(17)15(9)11(18)8-14-19-12-6-1-2-7-13(12)20-14/h1-7,11H,8,18H2. The van der Waals surface area contributed by atoms with Crippen LogP contribution in [-0.4, -0.2) is 4.98 Å². The first-order valence-corrected chi connectivity index (χ1v) is 7.76. The Morgan fingerprint density at radius 3 is 2.45 bits per heavy atom. The topological polar surface area (TPSA) is 38.9 Å². The van der Waals surface area contributed by atoms with Crippen LogP contribution in [0.4, 0.5) is 0 Å². The molecule has 5 heteroatoms. The molecule has 0 saturated carbocycles. The van der Waals surface area contributed by atoms with Crippen molar-refractivity contribution in [3.8, 4) is 0 Å². The van der Waals surface area contributed by atoms with Crippen LogP contribution in [0.2, 0.25) is 10.0 Å². The first-order valence-electron chi connectivity index (χ1n) is 6.19. The van der Waals surface area contributed by atoms with Crippen molar-refractivity contribution in [1.29, 1.82) is 0 Å². The molecular formula is C15H12Cl2N2S. The van der Waals surface area contributed by atoms with Crippen molar-refractivity contribution in [3.63, 3.8) is 0 Å². The number of thiazole rings is 1. The summed E-state index contributed by atoms with van der Waals surface area (Å²) in [7, 11) is 0. The van der Waals surface area contributed by atoms with Crippen LogP contribution >= 0.6 is 34.5 Å². The van der Waals surface area contributed by atoms with Gasteiger partial charge in [-0.2, -0.15) is 0 Å². The number of benzene rings is 2. The summed E-state index contributed by atoms with van der Waals surface area (Å²) in [5, 5.41) is 2.20. The van der Waals surface area contributed by atoms with Gasteiger partial charge in [-0.05, 0) is 24.3 Å². The molecule has 0 aliphatic carbocycles. The Morgan fingerprint density at radius 2 is 1.75 bits per heavy atom. The maximum absolute atomic E-state index is 6.25. The zero-order chi connectivity index (χ0) is 14.1. The van der Waals surface area contributed by atoms with E-state index in [4.69, 9.17) is 28.9 Å². The number of fused-ring (bicyclic) bond motifs is 1. The van der Waals surface area contributed by atoms with Gasteiger partial charge in [0.15, 0.2) is 0 Å². The molecule has 0 radical (unpaired) electrons. The van der Waals surface area contributed by atoms with Crippen molar-refractivity contribution < 1.29 is 0 Å². The van der Waals surface area contributed by atoms with Crippen LogP contribution in [0.25, 0.3) is 10.2 Å². The Morgan fingerprint density at radius 1 is 1.05 bits per heavy atom. The lowest BCUT2D eigenvalue weighted by Crippen LogP contribution is -2.14. The summed E-state index contributed by atoms with van der Waals surface area (Å²) >= 11 is 14.0. The second kappa shape index (κ2) is 5.70. The van der Waals surface area contributed by atoms with Crippen LogP contribution in [0.1, 0.15) is 16.6 Å². The van der Waals surface area contributed by atoms with Crippen LogP contribution in [0.3, 0.4) is 0 Å². The van der Waals surface area contributed by atoms with Gasteiger partial charge in [0.05, 0.1) is 15.2 Å². The van der Waals surface area contributed by atoms with Gasteiger partial charge in [0.25, 0.3) is 0 Å². The first-order chi connectivity index (χ1) is 9.65. The minimum absolute atomic E-state index is 0.253. The number of nitrogens with two attached hydrogens (primary N) is 1. The van der Waals surface area contributed by atoms with E-state index in [-0.39, 0.29) is 6.04 Å². The summed E-state index contributed by atoms with van der Waals surface area (Å²) in [5.74, 6) is 0. The lowest BCUT2D eigenvalue weighted by Gasteiger charge is -2.13. The zero-order valence-electron chi connectivity index (χ0n) is 10.5. The normalized spacial score (nSPS) is 12.8. The lowest BCUT2D eigenvalue weighted by atomic mass is 10.0. The summed E-state index contributed by atoms with van der Waals surface area (Å²) in [6.45, 7) is 0. The van der Waals surface area contributed by atoms with E-state index < -0.39 is 0 Å². The van der Waals surface area contributed by atoms with Crippen LogP contribution in [0, 0.1) is 0 Å². The molecule has 2 nitrogen and oxygen atoms in total. The van der Waals surface area contributed by atoms with Gasteiger partial charge in [0.1, 0.15) is 0 Å². The largest absolute Gasteiger partial charge is 0.324 e. The second-order valence-electron chi connectivity index (χ2n) is 4.52. The van der Waals surface area contributed by atoms with Gasteiger partial charge in [0.2, 0.25) is 0 Å². The number of rotatable bonds is 3. The van der Waals surface area contributed by atoms with Crippen molar-refractivity contribution in [1.82, 2.24) is 4.98 Å². The molecule has 0 amide bonds. The highest BCUT2D eigenvalue weighted by Gasteiger charge is 2.16. The molecule has 20 heavy (non-hydrogen) atoms. The monoisotopic (exact) mass is 322 g/mol. The summed E-state index contributed by atoms with van der Waals surface area (Å²) in [6.07, 6.45) is 0.628. The average Bonchev–Trinajstić information content (AvgIpc) is 2.80. The predicted molar refractivity (Wildman–Crippen MR) is 86.7 cm³/mol. The van der Waals surface area contributed by atoms with Gasteiger partial charge in [-0.3, -0.25) is 0 Å². The summed E-state index contributed by atoms with van der Waals surface area (Å²) in [6, 6.07) is 13.2. The second-order valence-corrected chi connectivity index (χ2v) is 6.45. The molecule has 3 aromatic rings. The number of nitrogens with zero attached hydrogens (tertiary/aromatic N) is 1. The Balaban J connectivity index is 1.90. The fourth-order valence-electron chi connectivity index (χ4n) is 2.16. The SMILES string of the molecule is NC(Cc1nc2ccccc2s1)c1c(Cl)cccc1Cl. The van der Waals surface area contributed by atoms with E-state index in [0.717, 1.165) is 16.1 Å². The van der Waals surface area contributed by atoms with Crippen molar-refractivity contribution in [2.24, 2.45) is 5.73 Å². The van der Waals surface area contributed by atoms with E-state index >= 15 is 0 Å². The molecule has 0 spiro atoms. The van der Waals surface area contributed by atoms with Crippen LogP contribution in [-0.2, 0) is 6.42 Å². The van der Waals surface area contributed by atoms with Crippen LogP contribution in [0.15, 0.2) is 42.5 Å². The van der Waals surface area contributed by atoms with Gasteiger partial charge in [-0.1, -0.05) is 41.4 Å². The highest BCUT2D eigenvalue weighted by Crippen LogP contribution is 2.32. The van der Waals surface area contributed by atoms with E-state index in [2.05, 4.69) is 11.1 Å². The number of hydrogen-bond acceptors (Lipinski definition) is 3. The fourth-order valence-corrected chi connectivity index (χ4v) is 3.87. The molecule has 0 aliphatic rings. The third-order valence-corrected chi connectivity index (χ3v) is 4.82. The van der Waals surface area contributed by atoms with E-state index in [1.807, 2.05) is 24.3 Å². The van der Waals surface area contributed by atoms with Gasteiger partial charge < -0.3 is 5.73 Å². The lowest BCUT2D eigenvalue weighted by molar-refractivity contribution is 0.720. The predicted octanol–water partition coefficient (Wildman–Crippen LogP) is 4.85. The van der Waals surface area contributed by atoms with Crippen molar-refractivity contribution in [2.45, 2.75) is 12.5 Å². The maximum atomic E-state index is 6.25. The molecule has 0 saturated heterocycles. The summed E-state index contributed by atoms with van der Waals surface area (Å²) in [5.41, 5.74) is 8.04.